The van der Waals surface area contributed by atoms with E-state index in [0.29, 0.717) is 17.1 Å². The lowest BCUT2D eigenvalue weighted by molar-refractivity contribution is 0.140. The minimum absolute atomic E-state index is 0.0446. The van der Waals surface area contributed by atoms with Gasteiger partial charge >= 0.3 is 6.09 Å². The van der Waals surface area contributed by atoms with Gasteiger partial charge in [0, 0.05) is 17.5 Å². The summed E-state index contributed by atoms with van der Waals surface area (Å²) >= 11 is 0. The Bertz CT molecular complexity index is 1340. The fourth-order valence-electron chi connectivity index (χ4n) is 4.82. The lowest BCUT2D eigenvalue weighted by Gasteiger charge is -2.23. The molecule has 0 saturated heterocycles. The summed E-state index contributed by atoms with van der Waals surface area (Å²) in [5.41, 5.74) is 6.06. The molecule has 6 heteroatoms. The lowest BCUT2D eigenvalue weighted by atomic mass is 9.97. The van der Waals surface area contributed by atoms with E-state index in [9.17, 15) is 9.90 Å². The van der Waals surface area contributed by atoms with Crippen molar-refractivity contribution in [3.05, 3.63) is 113 Å². The van der Waals surface area contributed by atoms with Crippen molar-refractivity contribution in [2.45, 2.75) is 12.0 Å². The summed E-state index contributed by atoms with van der Waals surface area (Å²) in [6.07, 6.45) is -0.564. The van der Waals surface area contributed by atoms with E-state index in [-0.39, 0.29) is 18.3 Å². The van der Waals surface area contributed by atoms with Gasteiger partial charge in [0.2, 0.25) is 0 Å². The molecule has 0 heterocycles. The number of rotatable bonds is 7. The molecule has 36 heavy (non-hydrogen) atoms. The molecule has 5 rings (SSSR count). The van der Waals surface area contributed by atoms with Crippen molar-refractivity contribution < 1.29 is 24.1 Å². The Morgan fingerprint density at radius 2 is 1.47 bits per heavy atom. The molecule has 1 aliphatic carbocycles. The van der Waals surface area contributed by atoms with Gasteiger partial charge in [-0.05, 0) is 52.1 Å². The quantitative estimate of drug-likeness (QED) is 0.329. The van der Waals surface area contributed by atoms with Crippen LogP contribution in [0.4, 0.5) is 4.79 Å². The van der Waals surface area contributed by atoms with Crippen molar-refractivity contribution in [1.82, 2.24) is 5.32 Å². The standard InChI is InChI=1S/C30H26NO5/c1-34-21-15-16-26(28(17-21)35-2)29(19-11-13-20(32)14-12-19)31-30(33)36-18-27-24-9-5-3-7-22(24)23-8-4-6-10-25(23)27/h3-17,27,29H,18H2,1-2H3,(H,31,33). The second kappa shape index (κ2) is 10.0. The van der Waals surface area contributed by atoms with E-state index in [1.807, 2.05) is 30.3 Å². The van der Waals surface area contributed by atoms with Gasteiger partial charge in [0.05, 0.1) is 20.3 Å². The number of ether oxygens (including phenoxy) is 3. The van der Waals surface area contributed by atoms with Crippen LogP contribution in [-0.2, 0) is 9.84 Å². The summed E-state index contributed by atoms with van der Waals surface area (Å²) in [7, 11) is 3.14. The van der Waals surface area contributed by atoms with E-state index < -0.39 is 12.1 Å². The Kier molecular flexibility index (Phi) is 6.50. The van der Waals surface area contributed by atoms with Gasteiger partial charge < -0.3 is 19.5 Å². The van der Waals surface area contributed by atoms with E-state index >= 15 is 0 Å². The molecule has 1 unspecified atom stereocenters. The van der Waals surface area contributed by atoms with Gasteiger partial charge in [-0.3, -0.25) is 5.11 Å². The molecular weight excluding hydrogens is 454 g/mol. The van der Waals surface area contributed by atoms with Crippen molar-refractivity contribution in [3.63, 3.8) is 0 Å². The van der Waals surface area contributed by atoms with Crippen LogP contribution < -0.4 is 14.8 Å². The first-order chi connectivity index (χ1) is 17.6. The molecule has 0 fully saturated rings. The van der Waals surface area contributed by atoms with Gasteiger partial charge in [0.1, 0.15) is 18.1 Å². The Labute approximate surface area is 210 Å². The molecule has 4 aromatic rings. The normalized spacial score (nSPS) is 12.8. The Morgan fingerprint density at radius 3 is 2.08 bits per heavy atom. The number of hydrogen-bond acceptors (Lipinski definition) is 4. The number of alkyl carbamates (subject to hydrolysis) is 1. The van der Waals surface area contributed by atoms with Crippen LogP contribution in [0.5, 0.6) is 17.2 Å². The maximum absolute atomic E-state index is 13.1. The Balaban J connectivity index is 1.39. The third-order valence-corrected chi connectivity index (χ3v) is 6.57. The van der Waals surface area contributed by atoms with Crippen molar-refractivity contribution in [3.8, 4) is 28.4 Å². The average molecular weight is 481 g/mol. The summed E-state index contributed by atoms with van der Waals surface area (Å²) in [5.74, 6) is 1.02. The van der Waals surface area contributed by atoms with E-state index in [0.717, 1.165) is 16.7 Å². The maximum Gasteiger partial charge on any atom is 0.407 e. The summed E-state index contributed by atoms with van der Waals surface area (Å²) in [6, 6.07) is 27.5. The van der Waals surface area contributed by atoms with Gasteiger partial charge in [-0.25, -0.2) is 4.79 Å². The molecule has 0 aromatic heterocycles. The number of benzene rings is 4. The molecule has 181 valence electrons. The van der Waals surface area contributed by atoms with E-state index in [2.05, 4.69) is 29.6 Å². The fourth-order valence-corrected chi connectivity index (χ4v) is 4.82. The smallest absolute Gasteiger partial charge is 0.407 e. The number of carbonyl (C=O) groups is 1. The molecule has 6 nitrogen and oxygen atoms in total. The third-order valence-electron chi connectivity index (χ3n) is 6.57. The zero-order chi connectivity index (χ0) is 25.1. The second-order valence-corrected chi connectivity index (χ2v) is 8.58. The monoisotopic (exact) mass is 480 g/mol. The van der Waals surface area contributed by atoms with Gasteiger partial charge in [-0.2, -0.15) is 0 Å². The average Bonchev–Trinajstić information content (AvgIpc) is 3.24. The summed E-state index contributed by atoms with van der Waals surface area (Å²) in [5, 5.41) is 14.7. The van der Waals surface area contributed by atoms with E-state index in [4.69, 9.17) is 14.2 Å². The number of amides is 1. The maximum atomic E-state index is 13.1. The lowest BCUT2D eigenvalue weighted by Crippen LogP contribution is -2.31. The van der Waals surface area contributed by atoms with Gasteiger partial charge in [-0.15, -0.1) is 0 Å². The molecule has 0 bridgehead atoms. The van der Waals surface area contributed by atoms with Crippen LogP contribution in [0.25, 0.3) is 11.1 Å². The topological polar surface area (TPSA) is 76.7 Å². The highest BCUT2D eigenvalue weighted by Gasteiger charge is 2.30. The molecule has 1 aliphatic rings. The van der Waals surface area contributed by atoms with Crippen LogP contribution in [0, 0.1) is 0 Å². The van der Waals surface area contributed by atoms with Crippen LogP contribution >= 0.6 is 0 Å². The predicted octanol–water partition coefficient (Wildman–Crippen LogP) is 6.48. The minimum atomic E-state index is -0.595. The van der Waals surface area contributed by atoms with Gasteiger partial charge in [0.25, 0.3) is 0 Å². The third kappa shape index (κ3) is 4.45. The van der Waals surface area contributed by atoms with Crippen LogP contribution in [0.1, 0.15) is 34.2 Å². The fraction of sp³-hybridized carbons (Fsp3) is 0.167. The minimum Gasteiger partial charge on any atom is -0.497 e. The Hall–Kier alpha value is -4.45. The van der Waals surface area contributed by atoms with Gasteiger partial charge in [0.15, 0.2) is 5.75 Å². The van der Waals surface area contributed by atoms with Crippen LogP contribution in [0.15, 0.2) is 91.0 Å². The first kappa shape index (κ1) is 23.3. The number of carbonyl (C=O) groups excluding carboxylic acids is 1. The van der Waals surface area contributed by atoms with Crippen molar-refractivity contribution in [2.75, 3.05) is 20.8 Å². The summed E-state index contributed by atoms with van der Waals surface area (Å²) in [4.78, 5) is 13.1. The van der Waals surface area contributed by atoms with Crippen molar-refractivity contribution >= 4 is 6.09 Å². The number of methoxy groups -OCH3 is 2. The SMILES string of the molecule is COc1ccc(C(NC(=O)OCC2c3ccccc3-c3ccccc32)c2ccc([O])cc2)c(OC)c1. The molecule has 0 aliphatic heterocycles. The molecule has 0 saturated carbocycles. The van der Waals surface area contributed by atoms with Crippen molar-refractivity contribution in [1.29, 1.82) is 0 Å². The Morgan fingerprint density at radius 1 is 0.833 bits per heavy atom. The summed E-state index contributed by atoms with van der Waals surface area (Å²) in [6.45, 7) is 0.200. The predicted molar refractivity (Wildman–Crippen MR) is 136 cm³/mol. The highest BCUT2D eigenvalue weighted by atomic mass is 16.5. The highest BCUT2D eigenvalue weighted by molar-refractivity contribution is 5.79. The molecule has 1 atom stereocenters. The largest absolute Gasteiger partial charge is 0.497 e. The highest BCUT2D eigenvalue weighted by Crippen LogP contribution is 2.44. The molecular formula is C30H26NO5. The van der Waals surface area contributed by atoms with E-state index in [1.165, 1.54) is 23.3 Å². The zero-order valence-electron chi connectivity index (χ0n) is 20.1. The molecule has 1 radical (unpaired) electrons. The molecule has 1 N–H and O–H groups in total. The van der Waals surface area contributed by atoms with Crippen molar-refractivity contribution in [2.24, 2.45) is 0 Å². The van der Waals surface area contributed by atoms with E-state index in [1.54, 1.807) is 38.5 Å². The number of hydrogen-bond donors (Lipinski definition) is 1. The first-order valence-corrected chi connectivity index (χ1v) is 11.7. The second-order valence-electron chi connectivity index (χ2n) is 8.58. The molecule has 0 spiro atoms. The zero-order valence-corrected chi connectivity index (χ0v) is 20.1. The first-order valence-electron chi connectivity index (χ1n) is 11.7. The number of nitrogens with one attached hydrogen (secondary N) is 1. The molecule has 4 aromatic carbocycles. The number of fused-ring (bicyclic) bond motifs is 3. The van der Waals surface area contributed by atoms with Crippen LogP contribution in [-0.4, -0.2) is 26.9 Å². The van der Waals surface area contributed by atoms with Crippen LogP contribution in [0.2, 0.25) is 0 Å². The van der Waals surface area contributed by atoms with Gasteiger partial charge in [-0.1, -0.05) is 60.7 Å². The molecule has 1 amide bonds. The van der Waals surface area contributed by atoms with Crippen LogP contribution in [0.3, 0.4) is 0 Å². The summed E-state index contributed by atoms with van der Waals surface area (Å²) < 4.78 is 16.7.